The zero-order chi connectivity index (χ0) is 16.3. The smallest absolute Gasteiger partial charge is 0.189 e. The Morgan fingerprint density at radius 3 is 1.76 bits per heavy atom. The van der Waals surface area contributed by atoms with Gasteiger partial charge in [-0.1, -0.05) is 0 Å². The average Bonchev–Trinajstić information content (AvgIpc) is 2.41. The van der Waals surface area contributed by atoms with Crippen molar-refractivity contribution in [1.82, 2.24) is 0 Å². The number of halogens is 1. The Bertz CT molecular complexity index is 260. The van der Waals surface area contributed by atoms with Crippen molar-refractivity contribution in [1.29, 1.82) is 0 Å². The first kappa shape index (κ1) is 25.6. The monoisotopic (exact) mass is 333 g/mol. The summed E-state index contributed by atoms with van der Waals surface area (Å²) in [6.07, 6.45) is -4.31. The van der Waals surface area contributed by atoms with Crippen molar-refractivity contribution in [2.45, 2.75) is 24.7 Å². The Balaban J connectivity index is -0.000000317. The second kappa shape index (κ2) is 13.4. The van der Waals surface area contributed by atoms with E-state index >= 15 is 0 Å². The molecular formula is C12H28ClNO7. The van der Waals surface area contributed by atoms with Crippen LogP contribution in [-0.2, 0) is 4.79 Å². The van der Waals surface area contributed by atoms with Gasteiger partial charge in [-0.3, -0.25) is 4.79 Å². The minimum Gasteiger partial charge on any atom is -1.00 e. The fraction of sp³-hybridized carbons (Fsp3) is 0.917. The highest BCUT2D eigenvalue weighted by Gasteiger charge is 2.28. The van der Waals surface area contributed by atoms with Gasteiger partial charge in [0.1, 0.15) is 24.9 Å². The highest BCUT2D eigenvalue weighted by molar-refractivity contribution is 5.84. The average molecular weight is 334 g/mol. The minimum absolute atomic E-state index is 0. The fourth-order valence-corrected chi connectivity index (χ4v) is 1.15. The Labute approximate surface area is 131 Å². The number of aliphatic hydroxyl groups excluding tert-OH is 6. The largest absolute Gasteiger partial charge is 1.00 e. The number of carbonyl (C=O) groups is 1. The Morgan fingerprint density at radius 2 is 1.52 bits per heavy atom. The third-order valence-electron chi connectivity index (χ3n) is 2.38. The molecule has 0 fully saturated rings. The van der Waals surface area contributed by atoms with Gasteiger partial charge in [-0.25, -0.2) is 0 Å². The van der Waals surface area contributed by atoms with E-state index < -0.39 is 37.3 Å². The molecule has 0 saturated heterocycles. The number of quaternary nitrogens is 1. The van der Waals surface area contributed by atoms with E-state index in [0.717, 1.165) is 17.4 Å². The normalized spacial score (nSPS) is 15.1. The van der Waals surface area contributed by atoms with E-state index in [2.05, 4.69) is 21.1 Å². The molecule has 0 saturated carbocycles. The Hall–Kier alpha value is -0.320. The number of ketones is 1. The van der Waals surface area contributed by atoms with E-state index in [1.165, 1.54) is 0 Å². The molecule has 130 valence electrons. The number of carbonyl (C=O) groups excluding carboxylic acids is 1. The lowest BCUT2D eigenvalue weighted by Crippen LogP contribution is -3.00. The maximum atomic E-state index is 10.5. The second-order valence-electron chi connectivity index (χ2n) is 5.40. The lowest BCUT2D eigenvalue weighted by Gasteiger charge is -2.22. The van der Waals surface area contributed by atoms with Crippen molar-refractivity contribution < 1.29 is 52.3 Å². The number of Topliss-reactive ketones (excluding diaryl/α,β-unsaturated/α-hetero) is 1. The van der Waals surface area contributed by atoms with Gasteiger partial charge in [-0.05, 0) is 0 Å². The van der Waals surface area contributed by atoms with Crippen molar-refractivity contribution in [3.05, 3.63) is 0 Å². The molecule has 6 N–H and O–H groups in total. The maximum absolute atomic E-state index is 10.5. The summed E-state index contributed by atoms with van der Waals surface area (Å²) in [4.78, 5) is 10.5. The molecule has 0 aliphatic carbocycles. The van der Waals surface area contributed by atoms with Crippen LogP contribution in [0.3, 0.4) is 0 Å². The molecule has 3 unspecified atom stereocenters. The quantitative estimate of drug-likeness (QED) is 0.243. The van der Waals surface area contributed by atoms with Crippen molar-refractivity contribution in [3.63, 3.8) is 0 Å². The topological polar surface area (TPSA) is 138 Å². The van der Waals surface area contributed by atoms with Gasteiger partial charge in [0.25, 0.3) is 0 Å². The van der Waals surface area contributed by atoms with Crippen LogP contribution in [0.1, 0.15) is 6.42 Å². The van der Waals surface area contributed by atoms with Crippen LogP contribution in [0.15, 0.2) is 0 Å². The molecule has 0 aliphatic heterocycles. The molecule has 0 rings (SSSR count). The summed E-state index contributed by atoms with van der Waals surface area (Å²) < 4.78 is 0.945. The van der Waals surface area contributed by atoms with Crippen LogP contribution >= 0.6 is 0 Å². The first-order valence-electron chi connectivity index (χ1n) is 6.30. The maximum Gasteiger partial charge on any atom is 0.189 e. The predicted molar refractivity (Wildman–Crippen MR) is 71.8 cm³/mol. The van der Waals surface area contributed by atoms with Crippen LogP contribution in [-0.4, -0.2) is 107 Å². The van der Waals surface area contributed by atoms with Crippen molar-refractivity contribution in [3.8, 4) is 0 Å². The molecule has 0 amide bonds. The molecule has 0 spiro atoms. The van der Waals surface area contributed by atoms with E-state index in [1.807, 2.05) is 0 Å². The highest BCUT2D eigenvalue weighted by atomic mass is 35.5. The molecule has 0 aromatic rings. The number of aliphatic hydroxyl groups is 6. The summed E-state index contributed by atoms with van der Waals surface area (Å²) in [6, 6.07) is 0. The van der Waals surface area contributed by atoms with E-state index in [1.54, 1.807) is 0 Å². The zero-order valence-corrected chi connectivity index (χ0v) is 13.4. The summed E-state index contributed by atoms with van der Waals surface area (Å²) in [5.74, 6) is -1.00. The number of hydrogen-bond donors (Lipinski definition) is 6. The number of rotatable bonds is 8. The summed E-state index contributed by atoms with van der Waals surface area (Å²) in [5, 5.41) is 51.5. The van der Waals surface area contributed by atoms with Gasteiger partial charge in [0, 0.05) is 13.0 Å². The molecular weight excluding hydrogens is 306 g/mol. The molecule has 9 heteroatoms. The standard InChI is InChI=1S/C6H16NO.C6H12O6.ClH/c1-7(2,3)5-4-6-8;7-1-3(9)5(11)6(12)4(10)2-8;/h8H,4-6H2,1-3H3;3,5-9,11-12H,1-2H2;1H/q+1;;/p-1. The van der Waals surface area contributed by atoms with Crippen LogP contribution in [0.5, 0.6) is 0 Å². The number of nitrogens with zero attached hydrogens (tertiary/aromatic N) is 1. The first-order chi connectivity index (χ1) is 9.10. The second-order valence-corrected chi connectivity index (χ2v) is 5.40. The van der Waals surface area contributed by atoms with Crippen molar-refractivity contribution in [2.24, 2.45) is 0 Å². The molecule has 0 bridgehead atoms. The van der Waals surface area contributed by atoms with E-state index in [0.29, 0.717) is 6.61 Å². The summed E-state index contributed by atoms with van der Waals surface area (Å²) >= 11 is 0. The number of hydrogen-bond acceptors (Lipinski definition) is 7. The van der Waals surface area contributed by atoms with Crippen LogP contribution in [0.2, 0.25) is 0 Å². The third kappa shape index (κ3) is 14.4. The molecule has 3 atom stereocenters. The highest BCUT2D eigenvalue weighted by Crippen LogP contribution is 2.00. The molecule has 0 aromatic heterocycles. The van der Waals surface area contributed by atoms with Gasteiger partial charge in [0.2, 0.25) is 0 Å². The van der Waals surface area contributed by atoms with Gasteiger partial charge in [0.05, 0.1) is 34.3 Å². The van der Waals surface area contributed by atoms with Gasteiger partial charge in [0.15, 0.2) is 5.78 Å². The molecule has 0 aromatic carbocycles. The Kier molecular flexibility index (Phi) is 16.3. The first-order valence-corrected chi connectivity index (χ1v) is 6.30. The molecule has 0 aliphatic rings. The predicted octanol–water partition coefficient (Wildman–Crippen LogP) is -6.30. The lowest BCUT2D eigenvalue weighted by molar-refractivity contribution is -0.870. The van der Waals surface area contributed by atoms with Crippen molar-refractivity contribution in [2.75, 3.05) is 47.5 Å². The molecule has 21 heavy (non-hydrogen) atoms. The van der Waals surface area contributed by atoms with E-state index in [9.17, 15) is 4.79 Å². The molecule has 0 radical (unpaired) electrons. The van der Waals surface area contributed by atoms with Gasteiger partial charge < -0.3 is 47.5 Å². The van der Waals surface area contributed by atoms with Gasteiger partial charge in [-0.15, -0.1) is 0 Å². The van der Waals surface area contributed by atoms with E-state index in [-0.39, 0.29) is 12.4 Å². The minimum atomic E-state index is -1.86. The van der Waals surface area contributed by atoms with Crippen LogP contribution in [0, 0.1) is 0 Å². The third-order valence-corrected chi connectivity index (χ3v) is 2.38. The van der Waals surface area contributed by atoms with Gasteiger partial charge in [-0.2, -0.15) is 0 Å². The summed E-state index contributed by atoms with van der Waals surface area (Å²) in [7, 11) is 6.36. The van der Waals surface area contributed by atoms with Gasteiger partial charge >= 0.3 is 0 Å². The van der Waals surface area contributed by atoms with E-state index in [4.69, 9.17) is 30.6 Å². The molecule has 8 nitrogen and oxygen atoms in total. The van der Waals surface area contributed by atoms with Crippen LogP contribution < -0.4 is 12.4 Å². The van der Waals surface area contributed by atoms with Crippen molar-refractivity contribution >= 4 is 5.78 Å². The van der Waals surface area contributed by atoms with Crippen LogP contribution in [0.25, 0.3) is 0 Å². The van der Waals surface area contributed by atoms with Crippen LogP contribution in [0.4, 0.5) is 0 Å². The SMILES string of the molecule is C[N+](C)(C)CCCO.O=C(CO)C(O)C(O)C(O)CO.[Cl-]. The summed E-state index contributed by atoms with van der Waals surface area (Å²) in [5.41, 5.74) is 0. The summed E-state index contributed by atoms with van der Waals surface area (Å²) in [6.45, 7) is -0.320. The fourth-order valence-electron chi connectivity index (χ4n) is 1.15. The Morgan fingerprint density at radius 1 is 1.05 bits per heavy atom. The lowest BCUT2D eigenvalue weighted by atomic mass is 10.1. The molecule has 0 heterocycles. The zero-order valence-electron chi connectivity index (χ0n) is 12.7.